The van der Waals surface area contributed by atoms with Crippen LogP contribution in [0.25, 0.3) is 5.70 Å². The number of hydrogen-bond acceptors (Lipinski definition) is 5. The molecular formula is C13H17NO3S. The summed E-state index contributed by atoms with van der Waals surface area (Å²) in [7, 11) is 0. The second kappa shape index (κ2) is 6.56. The Labute approximate surface area is 111 Å². The van der Waals surface area contributed by atoms with Gasteiger partial charge in [0.1, 0.15) is 0 Å². The number of nitrogens with zero attached hydrogens (tertiary/aromatic N) is 1. The van der Waals surface area contributed by atoms with Gasteiger partial charge in [0.15, 0.2) is 0 Å². The molecule has 2 heterocycles. The van der Waals surface area contributed by atoms with Crippen LogP contribution in [-0.4, -0.2) is 43.8 Å². The fourth-order valence-electron chi connectivity index (χ4n) is 1.87. The van der Waals surface area contributed by atoms with Crippen molar-refractivity contribution in [3.05, 3.63) is 28.5 Å². The molecule has 0 unspecified atom stereocenters. The lowest BCUT2D eigenvalue weighted by Crippen LogP contribution is -2.35. The van der Waals surface area contributed by atoms with Crippen molar-refractivity contribution in [3.8, 4) is 0 Å². The van der Waals surface area contributed by atoms with Crippen molar-refractivity contribution in [1.29, 1.82) is 0 Å². The summed E-state index contributed by atoms with van der Waals surface area (Å²) in [6.07, 6.45) is 1.58. The number of thiophene rings is 1. The Bertz CT molecular complexity index is 408. The maximum Gasteiger partial charge on any atom is 0.332 e. The summed E-state index contributed by atoms with van der Waals surface area (Å²) in [5, 5.41) is 4.05. The van der Waals surface area contributed by atoms with Gasteiger partial charge >= 0.3 is 5.97 Å². The van der Waals surface area contributed by atoms with E-state index in [4.69, 9.17) is 9.47 Å². The van der Waals surface area contributed by atoms with Gasteiger partial charge in [-0.05, 0) is 18.4 Å². The highest BCUT2D eigenvalue weighted by Crippen LogP contribution is 2.22. The Morgan fingerprint density at radius 3 is 2.94 bits per heavy atom. The summed E-state index contributed by atoms with van der Waals surface area (Å²) in [4.78, 5) is 13.8. The van der Waals surface area contributed by atoms with Crippen LogP contribution in [0.3, 0.4) is 0 Å². The van der Waals surface area contributed by atoms with E-state index in [0.29, 0.717) is 19.8 Å². The molecular weight excluding hydrogens is 250 g/mol. The Hall–Kier alpha value is -1.33. The van der Waals surface area contributed by atoms with Gasteiger partial charge in [-0.1, -0.05) is 0 Å². The maximum atomic E-state index is 11.6. The summed E-state index contributed by atoms with van der Waals surface area (Å²) < 4.78 is 10.3. The van der Waals surface area contributed by atoms with Crippen molar-refractivity contribution in [2.75, 3.05) is 32.9 Å². The van der Waals surface area contributed by atoms with Gasteiger partial charge in [-0.15, -0.1) is 0 Å². The zero-order valence-corrected chi connectivity index (χ0v) is 11.2. The molecule has 2 rings (SSSR count). The Kier molecular flexibility index (Phi) is 4.78. The van der Waals surface area contributed by atoms with Crippen LogP contribution in [0.15, 0.2) is 22.9 Å². The molecule has 0 aliphatic carbocycles. The molecule has 5 heteroatoms. The molecule has 1 aliphatic heterocycles. The largest absolute Gasteiger partial charge is 0.463 e. The summed E-state index contributed by atoms with van der Waals surface area (Å²) in [5.41, 5.74) is 1.99. The van der Waals surface area contributed by atoms with Crippen molar-refractivity contribution < 1.29 is 14.3 Å². The molecule has 4 nitrogen and oxygen atoms in total. The van der Waals surface area contributed by atoms with E-state index in [0.717, 1.165) is 24.4 Å². The second-order valence-electron chi connectivity index (χ2n) is 3.89. The summed E-state index contributed by atoms with van der Waals surface area (Å²) >= 11 is 1.62. The monoisotopic (exact) mass is 267 g/mol. The molecule has 1 aliphatic rings. The third-order valence-electron chi connectivity index (χ3n) is 2.71. The molecule has 0 saturated carbocycles. The molecule has 0 amide bonds. The highest BCUT2D eigenvalue weighted by atomic mass is 32.1. The lowest BCUT2D eigenvalue weighted by Gasteiger charge is -2.30. The van der Waals surface area contributed by atoms with Crippen molar-refractivity contribution in [3.63, 3.8) is 0 Å². The number of ether oxygens (including phenoxy) is 2. The van der Waals surface area contributed by atoms with Gasteiger partial charge < -0.3 is 14.4 Å². The van der Waals surface area contributed by atoms with Gasteiger partial charge in [0, 0.05) is 30.1 Å². The van der Waals surface area contributed by atoms with E-state index in [9.17, 15) is 4.79 Å². The van der Waals surface area contributed by atoms with E-state index in [2.05, 4.69) is 4.90 Å². The highest BCUT2D eigenvalue weighted by Gasteiger charge is 2.17. The Balaban J connectivity index is 2.19. The van der Waals surface area contributed by atoms with Crippen LogP contribution < -0.4 is 0 Å². The molecule has 1 fully saturated rings. The third-order valence-corrected chi connectivity index (χ3v) is 3.39. The van der Waals surface area contributed by atoms with Crippen LogP contribution in [0, 0.1) is 0 Å². The van der Waals surface area contributed by atoms with Crippen molar-refractivity contribution in [2.24, 2.45) is 0 Å². The lowest BCUT2D eigenvalue weighted by molar-refractivity contribution is -0.137. The first-order valence-corrected chi connectivity index (χ1v) is 6.99. The topological polar surface area (TPSA) is 38.8 Å². The molecule has 0 bridgehead atoms. The van der Waals surface area contributed by atoms with Crippen LogP contribution in [-0.2, 0) is 14.3 Å². The van der Waals surface area contributed by atoms with Gasteiger partial charge in [0.25, 0.3) is 0 Å². The quantitative estimate of drug-likeness (QED) is 0.618. The van der Waals surface area contributed by atoms with Crippen molar-refractivity contribution in [1.82, 2.24) is 4.90 Å². The van der Waals surface area contributed by atoms with E-state index < -0.39 is 0 Å². The van der Waals surface area contributed by atoms with Gasteiger partial charge in [-0.3, -0.25) is 0 Å². The molecule has 1 saturated heterocycles. The van der Waals surface area contributed by atoms with Crippen LogP contribution in [0.4, 0.5) is 0 Å². The minimum absolute atomic E-state index is 0.287. The first kappa shape index (κ1) is 13.1. The molecule has 0 N–H and O–H groups in total. The number of morpholine rings is 1. The minimum atomic E-state index is -0.287. The molecule has 0 atom stereocenters. The Morgan fingerprint density at radius 2 is 2.33 bits per heavy atom. The molecule has 1 aromatic rings. The fraction of sp³-hybridized carbons (Fsp3) is 0.462. The first-order valence-electron chi connectivity index (χ1n) is 6.05. The van der Waals surface area contributed by atoms with E-state index in [-0.39, 0.29) is 5.97 Å². The summed E-state index contributed by atoms with van der Waals surface area (Å²) in [6, 6.07) is 2.02. The van der Waals surface area contributed by atoms with Gasteiger partial charge in [0.05, 0.1) is 25.5 Å². The minimum Gasteiger partial charge on any atom is -0.463 e. The number of esters is 1. The smallest absolute Gasteiger partial charge is 0.332 e. The lowest BCUT2D eigenvalue weighted by atomic mass is 10.2. The number of carbonyl (C=O) groups is 1. The van der Waals surface area contributed by atoms with Crippen LogP contribution in [0.5, 0.6) is 0 Å². The first-order chi connectivity index (χ1) is 8.81. The standard InChI is InChI=1S/C13H17NO3S/c1-2-17-13(15)9-12(11-3-8-18-10-11)14-4-6-16-7-5-14/h3,8-10H,2,4-7H2,1H3/b12-9+. The van der Waals surface area contributed by atoms with Gasteiger partial charge in [0.2, 0.25) is 0 Å². The zero-order valence-electron chi connectivity index (χ0n) is 10.4. The van der Waals surface area contributed by atoms with Gasteiger partial charge in [-0.25, -0.2) is 4.79 Å². The Morgan fingerprint density at radius 1 is 1.56 bits per heavy atom. The van der Waals surface area contributed by atoms with Crippen molar-refractivity contribution in [2.45, 2.75) is 6.92 Å². The predicted octanol–water partition coefficient (Wildman–Crippen LogP) is 1.98. The van der Waals surface area contributed by atoms with E-state index in [1.165, 1.54) is 0 Å². The van der Waals surface area contributed by atoms with Crippen LogP contribution >= 0.6 is 11.3 Å². The van der Waals surface area contributed by atoms with Crippen LogP contribution in [0.1, 0.15) is 12.5 Å². The average Bonchev–Trinajstić information content (AvgIpc) is 2.91. The predicted molar refractivity (Wildman–Crippen MR) is 71.3 cm³/mol. The summed E-state index contributed by atoms with van der Waals surface area (Å²) in [6.45, 7) is 5.22. The third kappa shape index (κ3) is 3.34. The highest BCUT2D eigenvalue weighted by molar-refractivity contribution is 7.08. The number of rotatable bonds is 4. The van der Waals surface area contributed by atoms with Crippen LogP contribution in [0.2, 0.25) is 0 Å². The number of carbonyl (C=O) groups excluding carboxylic acids is 1. The van der Waals surface area contributed by atoms with E-state index >= 15 is 0 Å². The second-order valence-corrected chi connectivity index (χ2v) is 4.67. The summed E-state index contributed by atoms with van der Waals surface area (Å²) in [5.74, 6) is -0.287. The van der Waals surface area contributed by atoms with Gasteiger partial charge in [-0.2, -0.15) is 11.3 Å². The fourth-order valence-corrected chi connectivity index (χ4v) is 2.52. The molecule has 0 aromatic carbocycles. The molecule has 18 heavy (non-hydrogen) atoms. The molecule has 1 aromatic heterocycles. The van der Waals surface area contributed by atoms with E-state index in [1.54, 1.807) is 17.4 Å². The molecule has 0 spiro atoms. The zero-order chi connectivity index (χ0) is 12.8. The maximum absolute atomic E-state index is 11.6. The van der Waals surface area contributed by atoms with E-state index in [1.807, 2.05) is 23.8 Å². The number of hydrogen-bond donors (Lipinski definition) is 0. The molecule has 0 radical (unpaired) electrons. The average molecular weight is 267 g/mol. The molecule has 98 valence electrons. The van der Waals surface area contributed by atoms with Crippen molar-refractivity contribution >= 4 is 23.0 Å². The SMILES string of the molecule is CCOC(=O)/C=C(\c1ccsc1)N1CCOCC1. The normalized spacial score (nSPS) is 16.7.